The van der Waals surface area contributed by atoms with Crippen molar-refractivity contribution in [3.8, 4) is 33.1 Å². The van der Waals surface area contributed by atoms with Crippen LogP contribution in [0.1, 0.15) is 0 Å². The number of aromatic nitrogens is 7. The van der Waals surface area contributed by atoms with Crippen molar-refractivity contribution in [1.29, 1.82) is 0 Å². The lowest BCUT2D eigenvalue weighted by atomic mass is 10.1. The molecule has 0 radical (unpaired) electrons. The quantitative estimate of drug-likeness (QED) is 0.453. The molecule has 6 rings (SSSR count). The molecule has 0 amide bonds. The first-order chi connectivity index (χ1) is 14.4. The van der Waals surface area contributed by atoms with E-state index in [4.69, 9.17) is 4.98 Å². The van der Waals surface area contributed by atoms with Crippen molar-refractivity contribution < 1.29 is 0 Å². The number of H-pyrrole nitrogens is 2. The lowest BCUT2D eigenvalue weighted by Crippen LogP contribution is -1.84. The molecule has 5 heterocycles. The van der Waals surface area contributed by atoms with E-state index in [9.17, 15) is 0 Å². The smallest absolute Gasteiger partial charge is 0.178 e. The monoisotopic (exact) mass is 395 g/mol. The minimum Gasteiger partial charge on any atom is -0.335 e. The van der Waals surface area contributed by atoms with E-state index in [1.54, 1.807) is 29.9 Å². The summed E-state index contributed by atoms with van der Waals surface area (Å²) < 4.78 is 0. The predicted molar refractivity (Wildman–Crippen MR) is 113 cm³/mol. The van der Waals surface area contributed by atoms with Crippen molar-refractivity contribution in [2.24, 2.45) is 0 Å². The normalized spacial score (nSPS) is 11.4. The number of rotatable bonds is 3. The third kappa shape index (κ3) is 2.61. The molecule has 138 valence electrons. The predicted octanol–water partition coefficient (Wildman–Crippen LogP) is 4.69. The molecule has 0 aliphatic rings. The molecule has 1 aromatic carbocycles. The minimum atomic E-state index is 0.676. The number of fused-ring (bicyclic) bond motifs is 2. The molecule has 0 aliphatic heterocycles. The fourth-order valence-corrected chi connectivity index (χ4v) is 4.24. The van der Waals surface area contributed by atoms with Crippen LogP contribution >= 0.6 is 11.3 Å². The number of imidazole rings is 1. The lowest BCUT2D eigenvalue weighted by molar-refractivity contribution is 1.10. The van der Waals surface area contributed by atoms with Crippen LogP contribution in [0.15, 0.2) is 66.7 Å². The van der Waals surface area contributed by atoms with Crippen LogP contribution in [0.5, 0.6) is 0 Å². The Morgan fingerprint density at radius 3 is 2.76 bits per heavy atom. The van der Waals surface area contributed by atoms with Crippen LogP contribution in [0, 0.1) is 0 Å². The maximum Gasteiger partial charge on any atom is 0.178 e. The van der Waals surface area contributed by atoms with Crippen LogP contribution in [-0.2, 0) is 0 Å². The number of nitrogens with zero attached hydrogens (tertiary/aromatic N) is 5. The summed E-state index contributed by atoms with van der Waals surface area (Å²) in [6.45, 7) is 0. The molecule has 2 N–H and O–H groups in total. The lowest BCUT2D eigenvalue weighted by Gasteiger charge is -2.01. The number of thiophene rings is 1. The molecule has 0 saturated carbocycles. The van der Waals surface area contributed by atoms with Gasteiger partial charge in [-0.2, -0.15) is 5.10 Å². The van der Waals surface area contributed by atoms with Gasteiger partial charge < -0.3 is 4.98 Å². The maximum absolute atomic E-state index is 4.71. The van der Waals surface area contributed by atoms with Crippen molar-refractivity contribution in [2.75, 3.05) is 0 Å². The minimum absolute atomic E-state index is 0.676. The van der Waals surface area contributed by atoms with Crippen LogP contribution in [0.2, 0.25) is 0 Å². The molecule has 0 bridgehead atoms. The molecule has 6 aromatic rings. The highest BCUT2D eigenvalue weighted by atomic mass is 32.1. The fourth-order valence-electron chi connectivity index (χ4n) is 3.48. The zero-order valence-corrected chi connectivity index (χ0v) is 15.8. The van der Waals surface area contributed by atoms with E-state index in [0.29, 0.717) is 11.5 Å². The Morgan fingerprint density at radius 2 is 1.90 bits per heavy atom. The summed E-state index contributed by atoms with van der Waals surface area (Å²) in [5, 5.41) is 10.6. The van der Waals surface area contributed by atoms with Gasteiger partial charge in [0.25, 0.3) is 0 Å². The van der Waals surface area contributed by atoms with Crippen LogP contribution in [0.25, 0.3) is 55.2 Å². The number of aromatic amines is 2. The Hall–Kier alpha value is -3.91. The molecule has 0 atom stereocenters. The number of hydrogen-bond donors (Lipinski definition) is 2. The third-order valence-electron chi connectivity index (χ3n) is 4.86. The molecule has 0 aliphatic carbocycles. The topological polar surface area (TPSA) is 96.0 Å². The number of pyridine rings is 1. The van der Waals surface area contributed by atoms with Gasteiger partial charge in [-0.15, -0.1) is 11.3 Å². The average Bonchev–Trinajstić information content (AvgIpc) is 3.52. The first kappa shape index (κ1) is 16.1. The van der Waals surface area contributed by atoms with Gasteiger partial charge in [-0.1, -0.05) is 12.1 Å². The summed E-state index contributed by atoms with van der Waals surface area (Å²) >= 11 is 1.69. The second-order valence-electron chi connectivity index (χ2n) is 6.58. The second kappa shape index (κ2) is 6.32. The second-order valence-corrected chi connectivity index (χ2v) is 7.53. The van der Waals surface area contributed by atoms with Crippen molar-refractivity contribution in [2.45, 2.75) is 0 Å². The molecule has 7 nitrogen and oxygen atoms in total. The van der Waals surface area contributed by atoms with Gasteiger partial charge in [0.1, 0.15) is 12.0 Å². The van der Waals surface area contributed by atoms with Crippen molar-refractivity contribution >= 4 is 33.4 Å². The number of nitrogens with one attached hydrogen (secondary N) is 2. The first-order valence-electron chi connectivity index (χ1n) is 8.99. The Kier molecular flexibility index (Phi) is 3.50. The van der Waals surface area contributed by atoms with Gasteiger partial charge in [-0.3, -0.25) is 5.10 Å². The Balaban J connectivity index is 1.53. The SMILES string of the molecule is c1csc(-c2ccnc3nc(-c4n[nH]c5ccc(-c6cncnc6)cc45)[nH]c23)c1. The molecule has 8 heteroatoms. The fraction of sp³-hybridized carbons (Fsp3) is 0. The van der Waals surface area contributed by atoms with Gasteiger partial charge in [-0.05, 0) is 35.2 Å². The third-order valence-corrected chi connectivity index (χ3v) is 5.76. The van der Waals surface area contributed by atoms with Crippen molar-refractivity contribution in [3.63, 3.8) is 0 Å². The van der Waals surface area contributed by atoms with Gasteiger partial charge in [-0.25, -0.2) is 19.9 Å². The summed E-state index contributed by atoms with van der Waals surface area (Å²) in [5.41, 5.74) is 6.34. The average molecular weight is 395 g/mol. The van der Waals surface area contributed by atoms with E-state index < -0.39 is 0 Å². The highest BCUT2D eigenvalue weighted by Crippen LogP contribution is 2.33. The highest BCUT2D eigenvalue weighted by molar-refractivity contribution is 7.13. The van der Waals surface area contributed by atoms with Crippen LogP contribution < -0.4 is 0 Å². The van der Waals surface area contributed by atoms with Crippen LogP contribution in [-0.4, -0.2) is 35.1 Å². The molecule has 5 aromatic heterocycles. The van der Waals surface area contributed by atoms with Gasteiger partial charge in [0.2, 0.25) is 0 Å². The largest absolute Gasteiger partial charge is 0.335 e. The zero-order valence-electron chi connectivity index (χ0n) is 15.0. The van der Waals surface area contributed by atoms with Crippen LogP contribution in [0.3, 0.4) is 0 Å². The van der Waals surface area contributed by atoms with E-state index in [1.807, 2.05) is 24.3 Å². The van der Waals surface area contributed by atoms with Crippen molar-refractivity contribution in [1.82, 2.24) is 35.1 Å². The highest BCUT2D eigenvalue weighted by Gasteiger charge is 2.16. The van der Waals surface area contributed by atoms with E-state index in [0.717, 1.165) is 38.8 Å². The van der Waals surface area contributed by atoms with E-state index in [2.05, 4.69) is 47.6 Å². The van der Waals surface area contributed by atoms with Gasteiger partial charge in [0.05, 0.1) is 11.0 Å². The van der Waals surface area contributed by atoms with E-state index in [-0.39, 0.29) is 0 Å². The Labute approximate surface area is 168 Å². The van der Waals surface area contributed by atoms with E-state index in [1.165, 1.54) is 11.2 Å². The molecule has 0 spiro atoms. The molecular formula is C21H13N7S. The molecule has 0 unspecified atom stereocenters. The Morgan fingerprint density at radius 1 is 0.966 bits per heavy atom. The first-order valence-corrected chi connectivity index (χ1v) is 9.87. The van der Waals surface area contributed by atoms with Gasteiger partial charge in [0, 0.05) is 40.0 Å². The Bertz CT molecular complexity index is 1450. The number of benzene rings is 1. The maximum atomic E-state index is 4.71. The van der Waals surface area contributed by atoms with E-state index >= 15 is 0 Å². The summed E-state index contributed by atoms with van der Waals surface area (Å²) in [6, 6.07) is 12.3. The summed E-state index contributed by atoms with van der Waals surface area (Å²) in [4.78, 5) is 22.0. The number of hydrogen-bond acceptors (Lipinski definition) is 6. The standard InChI is InChI=1S/C21H13N7S/c1-2-17(29-7-1)14-5-6-24-20-18(14)25-21(26-20)19-15-8-12(3-4-16(15)27-28-19)13-9-22-11-23-10-13/h1-11H,(H,27,28)(H,24,25,26). The van der Waals surface area contributed by atoms with Crippen LogP contribution in [0.4, 0.5) is 0 Å². The summed E-state index contributed by atoms with van der Waals surface area (Å²) in [6.07, 6.45) is 6.91. The molecule has 0 fully saturated rings. The molecule has 29 heavy (non-hydrogen) atoms. The van der Waals surface area contributed by atoms with Gasteiger partial charge in [0.15, 0.2) is 11.5 Å². The summed E-state index contributed by atoms with van der Waals surface area (Å²) in [5.74, 6) is 0.684. The zero-order chi connectivity index (χ0) is 19.2. The van der Waals surface area contributed by atoms with Gasteiger partial charge >= 0.3 is 0 Å². The molecule has 0 saturated heterocycles. The van der Waals surface area contributed by atoms with Crippen molar-refractivity contribution in [3.05, 3.63) is 66.7 Å². The molecular weight excluding hydrogens is 382 g/mol. The summed E-state index contributed by atoms with van der Waals surface area (Å²) in [7, 11) is 0.